The molecule has 0 atom stereocenters. The Bertz CT molecular complexity index is 1080. The van der Waals surface area contributed by atoms with Crippen LogP contribution in [-0.4, -0.2) is 25.1 Å². The molecule has 2 N–H and O–H groups in total. The summed E-state index contributed by atoms with van der Waals surface area (Å²) in [5.41, 5.74) is 5.99. The number of benzene rings is 3. The first-order valence-corrected chi connectivity index (χ1v) is 10.1. The molecule has 32 heavy (non-hydrogen) atoms. The number of rotatable bonds is 9. The highest BCUT2D eigenvalue weighted by atomic mass is 16.5. The Morgan fingerprint density at radius 1 is 0.938 bits per heavy atom. The van der Waals surface area contributed by atoms with Gasteiger partial charge in [0.1, 0.15) is 24.5 Å². The van der Waals surface area contributed by atoms with Crippen LogP contribution in [0.5, 0.6) is 11.5 Å². The Labute approximate surface area is 187 Å². The number of nitrogens with zero attached hydrogens (tertiary/aromatic N) is 1. The molecule has 0 saturated heterocycles. The van der Waals surface area contributed by atoms with Crippen LogP contribution in [0.4, 0.5) is 5.69 Å². The van der Waals surface area contributed by atoms with Gasteiger partial charge in [0.15, 0.2) is 0 Å². The molecule has 0 fully saturated rings. The minimum Gasteiger partial charge on any atom is -0.497 e. The average molecular weight is 431 g/mol. The Kier molecular flexibility index (Phi) is 7.97. The van der Waals surface area contributed by atoms with Crippen LogP contribution in [0.1, 0.15) is 23.1 Å². The Morgan fingerprint density at radius 3 is 2.41 bits per heavy atom. The van der Waals surface area contributed by atoms with Gasteiger partial charge in [0.05, 0.1) is 13.3 Å². The number of anilines is 1. The number of nitrogens with one attached hydrogen (secondary N) is 2. The first-order valence-electron chi connectivity index (χ1n) is 10.1. The van der Waals surface area contributed by atoms with Gasteiger partial charge in [-0.1, -0.05) is 35.9 Å². The van der Waals surface area contributed by atoms with Gasteiger partial charge in [0.25, 0.3) is 0 Å². The van der Waals surface area contributed by atoms with E-state index in [9.17, 15) is 9.59 Å². The van der Waals surface area contributed by atoms with E-state index in [1.165, 1.54) is 11.8 Å². The zero-order chi connectivity index (χ0) is 22.8. The summed E-state index contributed by atoms with van der Waals surface area (Å²) in [5, 5.41) is 6.54. The Morgan fingerprint density at radius 2 is 1.69 bits per heavy atom. The topological polar surface area (TPSA) is 89.0 Å². The number of carbonyl (C=O) groups is 2. The van der Waals surface area contributed by atoms with Crippen LogP contribution in [0.25, 0.3) is 0 Å². The molecule has 3 aromatic rings. The molecular formula is C25H25N3O4. The molecule has 0 bridgehead atoms. The van der Waals surface area contributed by atoms with Gasteiger partial charge in [-0.05, 0) is 54.4 Å². The molecule has 0 aromatic heterocycles. The van der Waals surface area contributed by atoms with Crippen LogP contribution in [0.3, 0.4) is 0 Å². The van der Waals surface area contributed by atoms with Crippen molar-refractivity contribution in [3.05, 3.63) is 89.5 Å². The highest BCUT2D eigenvalue weighted by molar-refractivity contribution is 6.03. The fourth-order valence-corrected chi connectivity index (χ4v) is 2.77. The van der Waals surface area contributed by atoms with Crippen molar-refractivity contribution >= 4 is 23.7 Å². The van der Waals surface area contributed by atoms with Crippen LogP contribution in [0.2, 0.25) is 0 Å². The van der Waals surface area contributed by atoms with Crippen molar-refractivity contribution in [1.82, 2.24) is 5.43 Å². The normalized spacial score (nSPS) is 10.6. The molecule has 0 aliphatic carbocycles. The molecule has 2 amide bonds. The zero-order valence-corrected chi connectivity index (χ0v) is 18.0. The van der Waals surface area contributed by atoms with Gasteiger partial charge < -0.3 is 14.8 Å². The predicted molar refractivity (Wildman–Crippen MR) is 124 cm³/mol. The molecule has 7 heteroatoms. The Balaban J connectivity index is 1.42. The number of carbonyl (C=O) groups excluding carboxylic acids is 2. The monoisotopic (exact) mass is 431 g/mol. The summed E-state index contributed by atoms with van der Waals surface area (Å²) >= 11 is 0. The van der Waals surface area contributed by atoms with Crippen molar-refractivity contribution in [3.63, 3.8) is 0 Å². The van der Waals surface area contributed by atoms with E-state index in [0.29, 0.717) is 18.0 Å². The van der Waals surface area contributed by atoms with Gasteiger partial charge >= 0.3 is 0 Å². The molecule has 0 aliphatic rings. The van der Waals surface area contributed by atoms with E-state index < -0.39 is 11.8 Å². The van der Waals surface area contributed by atoms with E-state index in [4.69, 9.17) is 9.47 Å². The highest BCUT2D eigenvalue weighted by Crippen LogP contribution is 2.17. The second-order valence-electron chi connectivity index (χ2n) is 7.09. The molecule has 7 nitrogen and oxygen atoms in total. The summed E-state index contributed by atoms with van der Waals surface area (Å²) in [6.45, 7) is 2.53. The van der Waals surface area contributed by atoms with Crippen molar-refractivity contribution in [1.29, 1.82) is 0 Å². The SMILES string of the molecule is COc1cccc(NC(=O)CC(=O)NN=Cc2ccc(OCc3ccc(C)cc3)cc2)c1. The van der Waals surface area contributed by atoms with Crippen LogP contribution in [0.15, 0.2) is 77.9 Å². The van der Waals surface area contributed by atoms with E-state index in [1.54, 1.807) is 31.4 Å². The lowest BCUT2D eigenvalue weighted by Crippen LogP contribution is -2.24. The van der Waals surface area contributed by atoms with E-state index in [0.717, 1.165) is 16.9 Å². The fourth-order valence-electron chi connectivity index (χ4n) is 2.77. The molecule has 0 aliphatic heterocycles. The average Bonchev–Trinajstić information content (AvgIpc) is 2.79. The van der Waals surface area contributed by atoms with Gasteiger partial charge in [-0.25, -0.2) is 5.43 Å². The van der Waals surface area contributed by atoms with E-state index in [2.05, 4.69) is 28.0 Å². The minimum atomic E-state index is -0.514. The maximum Gasteiger partial charge on any atom is 0.249 e. The molecule has 164 valence electrons. The molecule has 3 aromatic carbocycles. The van der Waals surface area contributed by atoms with Crippen molar-refractivity contribution in [3.8, 4) is 11.5 Å². The van der Waals surface area contributed by atoms with Crippen molar-refractivity contribution in [2.24, 2.45) is 5.10 Å². The fraction of sp³-hybridized carbons (Fsp3) is 0.160. The van der Waals surface area contributed by atoms with Crippen molar-refractivity contribution < 1.29 is 19.1 Å². The standard InChI is InChI=1S/C25H25N3O4/c1-18-6-8-20(9-7-18)17-32-22-12-10-19(11-13-22)16-26-28-25(30)15-24(29)27-21-4-3-5-23(14-21)31-2/h3-14,16H,15,17H2,1-2H3,(H,27,29)(H,28,30). The summed E-state index contributed by atoms with van der Waals surface area (Å²) < 4.78 is 10.9. The van der Waals surface area contributed by atoms with Crippen molar-refractivity contribution in [2.75, 3.05) is 12.4 Å². The number of amides is 2. The first-order chi connectivity index (χ1) is 15.5. The maximum atomic E-state index is 12.0. The lowest BCUT2D eigenvalue weighted by atomic mass is 10.2. The molecule has 0 spiro atoms. The summed E-state index contributed by atoms with van der Waals surface area (Å²) in [7, 11) is 1.54. The van der Waals surface area contributed by atoms with Gasteiger partial charge in [-0.15, -0.1) is 0 Å². The van der Waals surface area contributed by atoms with E-state index in [1.807, 2.05) is 43.3 Å². The summed E-state index contributed by atoms with van der Waals surface area (Å²) in [4.78, 5) is 23.9. The van der Waals surface area contributed by atoms with Gasteiger partial charge in [-0.3, -0.25) is 9.59 Å². The number of hydrazone groups is 1. The third kappa shape index (κ3) is 7.28. The third-order valence-corrected chi connectivity index (χ3v) is 4.48. The number of ether oxygens (including phenoxy) is 2. The van der Waals surface area contributed by atoms with Gasteiger partial charge in [0.2, 0.25) is 11.8 Å². The molecule has 3 rings (SSSR count). The zero-order valence-electron chi connectivity index (χ0n) is 18.0. The number of hydrogen-bond donors (Lipinski definition) is 2. The number of methoxy groups -OCH3 is 1. The van der Waals surface area contributed by atoms with Crippen LogP contribution in [0, 0.1) is 6.92 Å². The number of aryl methyl sites for hydroxylation is 1. The molecule has 0 unspecified atom stereocenters. The molecular weight excluding hydrogens is 406 g/mol. The molecule has 0 radical (unpaired) electrons. The van der Waals surface area contributed by atoms with Gasteiger partial charge in [-0.2, -0.15) is 5.10 Å². The first kappa shape index (κ1) is 22.6. The van der Waals surface area contributed by atoms with Crippen LogP contribution in [-0.2, 0) is 16.2 Å². The smallest absolute Gasteiger partial charge is 0.249 e. The predicted octanol–water partition coefficient (Wildman–Crippen LogP) is 4.06. The quantitative estimate of drug-likeness (QED) is 0.304. The lowest BCUT2D eigenvalue weighted by Gasteiger charge is -2.07. The maximum absolute atomic E-state index is 12.0. The number of hydrogen-bond acceptors (Lipinski definition) is 5. The second-order valence-corrected chi connectivity index (χ2v) is 7.09. The molecule has 0 saturated carbocycles. The summed E-state index contributed by atoms with van der Waals surface area (Å²) in [6, 6.07) is 22.4. The van der Waals surface area contributed by atoms with E-state index >= 15 is 0 Å². The lowest BCUT2D eigenvalue weighted by molar-refractivity contribution is -0.126. The molecule has 0 heterocycles. The largest absolute Gasteiger partial charge is 0.497 e. The second kappa shape index (κ2) is 11.3. The van der Waals surface area contributed by atoms with E-state index in [-0.39, 0.29) is 6.42 Å². The Hall–Kier alpha value is -4.13. The summed E-state index contributed by atoms with van der Waals surface area (Å²) in [5.74, 6) is 0.394. The van der Waals surface area contributed by atoms with Crippen LogP contribution < -0.4 is 20.2 Å². The highest BCUT2D eigenvalue weighted by Gasteiger charge is 2.09. The van der Waals surface area contributed by atoms with Gasteiger partial charge in [0, 0.05) is 11.8 Å². The van der Waals surface area contributed by atoms with Crippen LogP contribution >= 0.6 is 0 Å². The summed E-state index contributed by atoms with van der Waals surface area (Å²) in [6.07, 6.45) is 1.15. The third-order valence-electron chi connectivity index (χ3n) is 4.48. The van der Waals surface area contributed by atoms with Crippen molar-refractivity contribution in [2.45, 2.75) is 20.0 Å². The minimum absolute atomic E-state index is 0.347.